The Morgan fingerprint density at radius 3 is 2.31 bits per heavy atom. The summed E-state index contributed by atoms with van der Waals surface area (Å²) in [6, 6.07) is 23.3. The topological polar surface area (TPSA) is 72.3 Å². The number of anilines is 2. The lowest BCUT2D eigenvalue weighted by molar-refractivity contribution is 0.102. The van der Waals surface area contributed by atoms with E-state index in [1.54, 1.807) is 17.1 Å². The van der Waals surface area contributed by atoms with E-state index in [2.05, 4.69) is 15.2 Å². The smallest absolute Gasteiger partial charge is 0.259 e. The first-order chi connectivity index (χ1) is 15.8. The molecule has 1 aliphatic rings. The number of nitrogens with one attached hydrogen (secondary N) is 1. The number of morpholine rings is 1. The van der Waals surface area contributed by atoms with Crippen LogP contribution in [0, 0.1) is 0 Å². The van der Waals surface area contributed by atoms with Gasteiger partial charge in [-0.15, -0.1) is 0 Å². The maximum atomic E-state index is 13.2. The van der Waals surface area contributed by atoms with Crippen molar-refractivity contribution in [3.05, 3.63) is 90.8 Å². The van der Waals surface area contributed by atoms with Crippen LogP contribution < -0.4 is 10.2 Å². The van der Waals surface area contributed by atoms with Crippen LogP contribution in [0.4, 0.5) is 11.5 Å². The molecule has 5 rings (SSSR count). The lowest BCUT2D eigenvalue weighted by Crippen LogP contribution is -2.36. The second-order valence-corrected chi connectivity index (χ2v) is 7.50. The molecule has 0 atom stereocenters. The largest absolute Gasteiger partial charge is 0.378 e. The molecule has 1 aliphatic heterocycles. The number of hydrogen-bond donors (Lipinski definition) is 1. The maximum Gasteiger partial charge on any atom is 0.259 e. The molecule has 0 spiro atoms. The van der Waals surface area contributed by atoms with Gasteiger partial charge < -0.3 is 15.0 Å². The van der Waals surface area contributed by atoms with Crippen molar-refractivity contribution in [2.45, 2.75) is 0 Å². The maximum absolute atomic E-state index is 13.2. The molecule has 1 amide bonds. The van der Waals surface area contributed by atoms with Crippen molar-refractivity contribution in [3.63, 3.8) is 0 Å². The number of carbonyl (C=O) groups is 1. The Bertz CT molecular complexity index is 1180. The molecule has 2 aromatic heterocycles. The van der Waals surface area contributed by atoms with Gasteiger partial charge in [-0.3, -0.25) is 4.79 Å². The lowest BCUT2D eigenvalue weighted by atomic mass is 10.1. The van der Waals surface area contributed by atoms with E-state index in [-0.39, 0.29) is 5.91 Å². The van der Waals surface area contributed by atoms with Crippen molar-refractivity contribution >= 4 is 17.4 Å². The van der Waals surface area contributed by atoms with Crippen LogP contribution >= 0.6 is 0 Å². The van der Waals surface area contributed by atoms with E-state index in [1.165, 1.54) is 0 Å². The molecular weight excluding hydrogens is 402 g/mol. The molecule has 3 heterocycles. The highest BCUT2D eigenvalue weighted by molar-refractivity contribution is 6.08. The van der Waals surface area contributed by atoms with Crippen LogP contribution in [0.5, 0.6) is 0 Å². The zero-order valence-electron chi connectivity index (χ0n) is 17.5. The molecule has 32 heavy (non-hydrogen) atoms. The van der Waals surface area contributed by atoms with Gasteiger partial charge in [0.15, 0.2) is 0 Å². The Morgan fingerprint density at radius 2 is 1.62 bits per heavy atom. The fraction of sp³-hybridized carbons (Fsp3) is 0.160. The van der Waals surface area contributed by atoms with Gasteiger partial charge in [-0.25, -0.2) is 9.67 Å². The molecule has 160 valence electrons. The number of pyridine rings is 1. The molecular formula is C25H23N5O2. The summed E-state index contributed by atoms with van der Waals surface area (Å²) in [5.74, 6) is 0.653. The van der Waals surface area contributed by atoms with E-state index < -0.39 is 0 Å². The molecule has 1 saturated heterocycles. The van der Waals surface area contributed by atoms with Gasteiger partial charge in [0, 0.05) is 24.8 Å². The van der Waals surface area contributed by atoms with E-state index in [4.69, 9.17) is 9.84 Å². The van der Waals surface area contributed by atoms with Crippen molar-refractivity contribution in [2.24, 2.45) is 0 Å². The number of amides is 1. The summed E-state index contributed by atoms with van der Waals surface area (Å²) in [5.41, 5.74) is 3.54. The Balaban J connectivity index is 1.42. The molecule has 0 aliphatic carbocycles. The van der Waals surface area contributed by atoms with Gasteiger partial charge in [0.05, 0.1) is 36.3 Å². The minimum absolute atomic E-state index is 0.230. The molecule has 0 unspecified atom stereocenters. The molecule has 7 heteroatoms. The first-order valence-electron chi connectivity index (χ1n) is 10.6. The summed E-state index contributed by atoms with van der Waals surface area (Å²) in [6.45, 7) is 3.04. The summed E-state index contributed by atoms with van der Waals surface area (Å²) in [7, 11) is 0. The first-order valence-corrected chi connectivity index (χ1v) is 10.6. The fourth-order valence-corrected chi connectivity index (χ4v) is 3.70. The second-order valence-electron chi connectivity index (χ2n) is 7.50. The van der Waals surface area contributed by atoms with Crippen LogP contribution in [0.15, 0.2) is 85.2 Å². The summed E-state index contributed by atoms with van der Waals surface area (Å²) >= 11 is 0. The minimum Gasteiger partial charge on any atom is -0.378 e. The van der Waals surface area contributed by atoms with E-state index in [0.717, 1.165) is 30.2 Å². The monoisotopic (exact) mass is 425 g/mol. The summed E-state index contributed by atoms with van der Waals surface area (Å²) in [4.78, 5) is 19.9. The van der Waals surface area contributed by atoms with Gasteiger partial charge in [0.25, 0.3) is 5.91 Å². The number of aromatic nitrogens is 3. The van der Waals surface area contributed by atoms with Crippen LogP contribution in [0.2, 0.25) is 0 Å². The lowest BCUT2D eigenvalue weighted by Gasteiger charge is -2.27. The molecule has 0 radical (unpaired) electrons. The third-order valence-electron chi connectivity index (χ3n) is 5.37. The van der Waals surface area contributed by atoms with E-state index in [0.29, 0.717) is 30.2 Å². The number of hydrogen-bond acceptors (Lipinski definition) is 5. The number of nitrogens with zero attached hydrogens (tertiary/aromatic N) is 4. The van der Waals surface area contributed by atoms with E-state index >= 15 is 0 Å². The predicted molar refractivity (Wildman–Crippen MR) is 124 cm³/mol. The molecule has 2 aromatic carbocycles. The average molecular weight is 425 g/mol. The summed E-state index contributed by atoms with van der Waals surface area (Å²) in [6.07, 6.45) is 3.45. The normalized spacial score (nSPS) is 13.7. The number of para-hydroxylation sites is 1. The third kappa shape index (κ3) is 4.24. The molecule has 1 fully saturated rings. The van der Waals surface area contributed by atoms with Crippen molar-refractivity contribution < 1.29 is 9.53 Å². The predicted octanol–water partition coefficient (Wildman–Crippen LogP) is 4.02. The van der Waals surface area contributed by atoms with Gasteiger partial charge >= 0.3 is 0 Å². The van der Waals surface area contributed by atoms with Crippen LogP contribution in [0.25, 0.3) is 16.9 Å². The molecule has 0 saturated carbocycles. The highest BCUT2D eigenvalue weighted by Crippen LogP contribution is 2.25. The number of rotatable bonds is 5. The number of carbonyl (C=O) groups excluding carboxylic acids is 1. The quantitative estimate of drug-likeness (QED) is 0.523. The van der Waals surface area contributed by atoms with Crippen molar-refractivity contribution in [3.8, 4) is 16.9 Å². The van der Waals surface area contributed by atoms with E-state index in [1.807, 2.05) is 72.8 Å². The zero-order valence-corrected chi connectivity index (χ0v) is 17.5. The average Bonchev–Trinajstić information content (AvgIpc) is 3.32. The van der Waals surface area contributed by atoms with Crippen LogP contribution in [-0.4, -0.2) is 47.0 Å². The van der Waals surface area contributed by atoms with Gasteiger partial charge in [0.2, 0.25) is 0 Å². The molecule has 7 nitrogen and oxygen atoms in total. The van der Waals surface area contributed by atoms with Crippen LogP contribution in [0.3, 0.4) is 0 Å². The van der Waals surface area contributed by atoms with Crippen molar-refractivity contribution in [2.75, 3.05) is 36.5 Å². The molecule has 4 aromatic rings. The number of benzene rings is 2. The second kappa shape index (κ2) is 9.03. The molecule has 0 bridgehead atoms. The van der Waals surface area contributed by atoms with Crippen molar-refractivity contribution in [1.29, 1.82) is 0 Å². The van der Waals surface area contributed by atoms with E-state index in [9.17, 15) is 4.79 Å². The van der Waals surface area contributed by atoms with Gasteiger partial charge in [-0.1, -0.05) is 48.5 Å². The van der Waals surface area contributed by atoms with Crippen molar-refractivity contribution in [1.82, 2.24) is 14.8 Å². The van der Waals surface area contributed by atoms with Gasteiger partial charge in [0.1, 0.15) is 11.5 Å². The Labute approximate surface area is 186 Å². The Kier molecular flexibility index (Phi) is 5.63. The third-order valence-corrected chi connectivity index (χ3v) is 5.37. The highest BCUT2D eigenvalue weighted by Gasteiger charge is 2.19. The van der Waals surface area contributed by atoms with Crippen LogP contribution in [-0.2, 0) is 4.74 Å². The standard InChI is InChI=1S/C25H23N5O2/c31-25(27-20-11-12-23(26-17-20)29-13-15-32-16-14-29)22-18-30(21-9-5-2-6-10-21)28-24(22)19-7-3-1-4-8-19/h1-12,17-18H,13-16H2,(H,27,31). The first kappa shape index (κ1) is 20.0. The summed E-state index contributed by atoms with van der Waals surface area (Å²) in [5, 5.41) is 7.68. The Hall–Kier alpha value is -3.97. The number of ether oxygens (including phenoxy) is 1. The highest BCUT2D eigenvalue weighted by atomic mass is 16.5. The molecule has 1 N–H and O–H groups in total. The Morgan fingerprint density at radius 1 is 0.906 bits per heavy atom. The summed E-state index contributed by atoms with van der Waals surface area (Å²) < 4.78 is 7.13. The SMILES string of the molecule is O=C(Nc1ccc(N2CCOCC2)nc1)c1cn(-c2ccccc2)nc1-c1ccccc1. The minimum atomic E-state index is -0.230. The fourth-order valence-electron chi connectivity index (χ4n) is 3.70. The van der Waals surface area contributed by atoms with Crippen LogP contribution in [0.1, 0.15) is 10.4 Å². The zero-order chi connectivity index (χ0) is 21.8. The van der Waals surface area contributed by atoms with Gasteiger partial charge in [-0.2, -0.15) is 5.10 Å². The van der Waals surface area contributed by atoms with Gasteiger partial charge in [-0.05, 0) is 24.3 Å².